The number of piperidine rings is 1. The van der Waals surface area contributed by atoms with Crippen LogP contribution in [0.2, 0.25) is 0 Å². The molecular weight excluding hydrogens is 312 g/mol. The molecule has 124 valence electrons. The molecule has 0 aromatic heterocycles. The maximum absolute atomic E-state index is 12.7. The first kappa shape index (κ1) is 17.1. The van der Waals surface area contributed by atoms with E-state index in [1.165, 1.54) is 0 Å². The molecule has 0 bridgehead atoms. The lowest BCUT2D eigenvalue weighted by atomic mass is 10.0. The molecule has 2 rings (SSSR count). The van der Waals surface area contributed by atoms with Crippen molar-refractivity contribution < 1.29 is 31.1 Å². The second-order valence-corrected chi connectivity index (χ2v) is 5.17. The fourth-order valence-electron chi connectivity index (χ4n) is 2.28. The van der Waals surface area contributed by atoms with Crippen molar-refractivity contribution in [3.63, 3.8) is 0 Å². The monoisotopic (exact) mass is 327 g/mol. The standard InChI is InChI=1S/C14H15F6NO/c15-13(16,17)10-5-9(6-11(7-10)14(18,19)20)8-22-12-1-3-21-4-2-12/h5-7,12,21H,1-4,8H2. The first-order chi connectivity index (χ1) is 10.2. The quantitative estimate of drug-likeness (QED) is 0.848. The highest BCUT2D eigenvalue weighted by Crippen LogP contribution is 2.36. The van der Waals surface area contributed by atoms with Crippen molar-refractivity contribution in [2.24, 2.45) is 0 Å². The SMILES string of the molecule is FC(F)(F)c1cc(COC2CCNCC2)cc(C(F)(F)F)c1. The van der Waals surface area contributed by atoms with Crippen molar-refractivity contribution >= 4 is 0 Å². The van der Waals surface area contributed by atoms with Gasteiger partial charge in [-0.25, -0.2) is 0 Å². The molecule has 0 spiro atoms. The van der Waals surface area contributed by atoms with Crippen molar-refractivity contribution in [2.45, 2.75) is 37.9 Å². The molecule has 1 saturated heterocycles. The predicted octanol–water partition coefficient (Wildman–Crippen LogP) is 3.99. The van der Waals surface area contributed by atoms with Crippen LogP contribution in [0.15, 0.2) is 18.2 Å². The third-order valence-electron chi connectivity index (χ3n) is 3.42. The first-order valence-corrected chi connectivity index (χ1v) is 6.77. The number of alkyl halides is 6. The molecule has 1 aliphatic rings. The van der Waals surface area contributed by atoms with Gasteiger partial charge in [0.2, 0.25) is 0 Å². The van der Waals surface area contributed by atoms with E-state index in [2.05, 4.69) is 5.32 Å². The van der Waals surface area contributed by atoms with Gasteiger partial charge in [0.15, 0.2) is 0 Å². The molecule has 1 fully saturated rings. The normalized spacial score (nSPS) is 17.7. The van der Waals surface area contributed by atoms with Gasteiger partial charge in [0.25, 0.3) is 0 Å². The zero-order chi connectivity index (χ0) is 16.4. The number of ether oxygens (including phenoxy) is 1. The Labute approximate surface area is 123 Å². The van der Waals surface area contributed by atoms with Crippen molar-refractivity contribution in [3.05, 3.63) is 34.9 Å². The van der Waals surface area contributed by atoms with E-state index in [4.69, 9.17) is 4.74 Å². The summed E-state index contributed by atoms with van der Waals surface area (Å²) < 4.78 is 81.7. The van der Waals surface area contributed by atoms with Crippen molar-refractivity contribution in [2.75, 3.05) is 13.1 Å². The van der Waals surface area contributed by atoms with Crippen molar-refractivity contribution in [1.29, 1.82) is 0 Å². The molecule has 0 atom stereocenters. The minimum Gasteiger partial charge on any atom is -0.373 e. The Morgan fingerprint density at radius 3 is 1.86 bits per heavy atom. The molecular formula is C14H15F6NO. The van der Waals surface area contributed by atoms with Gasteiger partial charge in [0.05, 0.1) is 23.8 Å². The molecule has 2 nitrogen and oxygen atoms in total. The second-order valence-electron chi connectivity index (χ2n) is 5.17. The zero-order valence-electron chi connectivity index (χ0n) is 11.5. The lowest BCUT2D eigenvalue weighted by Gasteiger charge is -2.23. The highest BCUT2D eigenvalue weighted by atomic mass is 19.4. The summed E-state index contributed by atoms with van der Waals surface area (Å²) in [6.07, 6.45) is -8.43. The van der Waals surface area contributed by atoms with E-state index in [0.29, 0.717) is 25.0 Å². The maximum Gasteiger partial charge on any atom is 0.416 e. The lowest BCUT2D eigenvalue weighted by molar-refractivity contribution is -0.143. The van der Waals surface area contributed by atoms with Crippen LogP contribution < -0.4 is 5.32 Å². The largest absolute Gasteiger partial charge is 0.416 e. The van der Waals surface area contributed by atoms with Crippen LogP contribution in [0.25, 0.3) is 0 Å². The van der Waals surface area contributed by atoms with E-state index >= 15 is 0 Å². The van der Waals surface area contributed by atoms with E-state index in [9.17, 15) is 26.3 Å². The summed E-state index contributed by atoms with van der Waals surface area (Å²) in [6, 6.07) is 1.53. The van der Waals surface area contributed by atoms with Gasteiger partial charge < -0.3 is 10.1 Å². The molecule has 0 aliphatic carbocycles. The minimum atomic E-state index is -4.83. The maximum atomic E-state index is 12.7. The van der Waals surface area contributed by atoms with Gasteiger partial charge in [-0.05, 0) is 49.7 Å². The van der Waals surface area contributed by atoms with Crippen molar-refractivity contribution in [3.8, 4) is 0 Å². The summed E-state index contributed by atoms with van der Waals surface area (Å²) in [5.74, 6) is 0. The molecule has 8 heteroatoms. The third-order valence-corrected chi connectivity index (χ3v) is 3.42. The summed E-state index contributed by atoms with van der Waals surface area (Å²) in [4.78, 5) is 0. The molecule has 0 amide bonds. The van der Waals surface area contributed by atoms with Gasteiger partial charge in [-0.2, -0.15) is 26.3 Å². The Balaban J connectivity index is 2.18. The average Bonchev–Trinajstić information content (AvgIpc) is 2.44. The Kier molecular flexibility index (Phi) is 5.01. The number of rotatable bonds is 3. The van der Waals surface area contributed by atoms with Crippen molar-refractivity contribution in [1.82, 2.24) is 5.32 Å². The topological polar surface area (TPSA) is 21.3 Å². The van der Waals surface area contributed by atoms with Crippen LogP contribution >= 0.6 is 0 Å². The van der Waals surface area contributed by atoms with Gasteiger partial charge >= 0.3 is 12.4 Å². The van der Waals surface area contributed by atoms with E-state index in [0.717, 1.165) is 13.1 Å². The average molecular weight is 327 g/mol. The summed E-state index contributed by atoms with van der Waals surface area (Å²) in [7, 11) is 0. The van der Waals surface area contributed by atoms with Gasteiger partial charge in [-0.15, -0.1) is 0 Å². The molecule has 0 saturated carbocycles. The van der Waals surface area contributed by atoms with Crippen LogP contribution in [0.4, 0.5) is 26.3 Å². The van der Waals surface area contributed by atoms with Gasteiger partial charge in [0.1, 0.15) is 0 Å². The number of nitrogens with one attached hydrogen (secondary N) is 1. The summed E-state index contributed by atoms with van der Waals surface area (Å²) in [5.41, 5.74) is -2.75. The van der Waals surface area contributed by atoms with E-state index in [1.54, 1.807) is 0 Å². The molecule has 1 aromatic rings. The Morgan fingerprint density at radius 1 is 0.909 bits per heavy atom. The van der Waals surface area contributed by atoms with E-state index in [1.807, 2.05) is 0 Å². The van der Waals surface area contributed by atoms with Crippen LogP contribution in [0.3, 0.4) is 0 Å². The van der Waals surface area contributed by atoms with Gasteiger partial charge in [0, 0.05) is 0 Å². The smallest absolute Gasteiger partial charge is 0.373 e. The molecule has 0 radical (unpaired) electrons. The molecule has 1 heterocycles. The predicted molar refractivity (Wildman–Crippen MR) is 67.1 cm³/mol. The minimum absolute atomic E-state index is 0.119. The molecule has 22 heavy (non-hydrogen) atoms. The van der Waals surface area contributed by atoms with E-state index in [-0.39, 0.29) is 24.3 Å². The Morgan fingerprint density at radius 2 is 1.41 bits per heavy atom. The molecule has 1 aliphatic heterocycles. The van der Waals surface area contributed by atoms with Crippen LogP contribution in [0.5, 0.6) is 0 Å². The van der Waals surface area contributed by atoms with Gasteiger partial charge in [-0.1, -0.05) is 0 Å². The Hall–Kier alpha value is -1.28. The summed E-state index contributed by atoms with van der Waals surface area (Å²) in [6.45, 7) is 1.18. The highest BCUT2D eigenvalue weighted by molar-refractivity contribution is 5.33. The highest BCUT2D eigenvalue weighted by Gasteiger charge is 2.36. The first-order valence-electron chi connectivity index (χ1n) is 6.77. The third kappa shape index (κ3) is 4.61. The molecule has 1 N–H and O–H groups in total. The fourth-order valence-corrected chi connectivity index (χ4v) is 2.28. The summed E-state index contributed by atoms with van der Waals surface area (Å²) in [5, 5.41) is 3.09. The Bertz CT molecular complexity index is 473. The van der Waals surface area contributed by atoms with Crippen LogP contribution in [-0.4, -0.2) is 19.2 Å². The van der Waals surface area contributed by atoms with Crippen LogP contribution in [-0.2, 0) is 23.7 Å². The zero-order valence-corrected chi connectivity index (χ0v) is 11.5. The van der Waals surface area contributed by atoms with Crippen LogP contribution in [0.1, 0.15) is 29.5 Å². The number of benzene rings is 1. The fraction of sp³-hybridized carbons (Fsp3) is 0.571. The second kappa shape index (κ2) is 6.45. The summed E-state index contributed by atoms with van der Waals surface area (Å²) >= 11 is 0. The van der Waals surface area contributed by atoms with E-state index < -0.39 is 23.5 Å². The van der Waals surface area contributed by atoms with Gasteiger partial charge in [-0.3, -0.25) is 0 Å². The molecule has 0 unspecified atom stereocenters. The number of halogens is 6. The van der Waals surface area contributed by atoms with Crippen LogP contribution in [0, 0.1) is 0 Å². The number of hydrogen-bond acceptors (Lipinski definition) is 2. The molecule has 1 aromatic carbocycles. The lowest BCUT2D eigenvalue weighted by Crippen LogP contribution is -2.32. The number of hydrogen-bond donors (Lipinski definition) is 1.